The zero-order valence-electron chi connectivity index (χ0n) is 16.2. The zero-order valence-corrected chi connectivity index (χ0v) is 16.2. The maximum Gasteiger partial charge on any atom is 0.343 e. The van der Waals surface area contributed by atoms with E-state index in [9.17, 15) is 30.3 Å². The molecule has 158 valence electrons. The summed E-state index contributed by atoms with van der Waals surface area (Å²) in [6.07, 6.45) is 6.01. The number of carbonyl (C=O) groups excluding carboxylic acids is 1. The first-order chi connectivity index (χ1) is 14.8. The third-order valence-electron chi connectivity index (χ3n) is 5.91. The molecule has 3 aliphatic rings. The second-order valence-electron chi connectivity index (χ2n) is 7.73. The zero-order chi connectivity index (χ0) is 21.9. The molecule has 2 unspecified atom stereocenters. The van der Waals surface area contributed by atoms with Crippen LogP contribution in [0.15, 0.2) is 48.6 Å². The van der Waals surface area contributed by atoms with Crippen LogP contribution >= 0.6 is 0 Å². The van der Waals surface area contributed by atoms with Crippen LogP contribution in [0.25, 0.3) is 5.69 Å². The highest BCUT2D eigenvalue weighted by Crippen LogP contribution is 2.54. The van der Waals surface area contributed by atoms with E-state index in [1.807, 2.05) is 0 Å². The van der Waals surface area contributed by atoms with Gasteiger partial charge in [0.05, 0.1) is 11.3 Å². The quantitative estimate of drug-likeness (QED) is 0.188. The molecule has 2 aromatic carbocycles. The standard InChI is InChI=1S/C23H19NO7/c25-16-9-13(10-17(26)20(16)27)23(30)31-15-7-5-14(6-8-15)24-21(28)18-11-1-2-12(4-3-11)19(18)22(24)29/h1-2,5-12,25-29H,3-4H2. The number of ether oxygens (including phenoxy) is 1. The van der Waals surface area contributed by atoms with Crippen molar-refractivity contribution >= 4 is 5.97 Å². The van der Waals surface area contributed by atoms with Gasteiger partial charge >= 0.3 is 5.97 Å². The Morgan fingerprint density at radius 3 is 1.84 bits per heavy atom. The molecule has 2 atom stereocenters. The van der Waals surface area contributed by atoms with Crippen molar-refractivity contribution in [2.75, 3.05) is 0 Å². The van der Waals surface area contributed by atoms with E-state index in [2.05, 4.69) is 12.2 Å². The lowest BCUT2D eigenvalue weighted by Crippen LogP contribution is -2.15. The van der Waals surface area contributed by atoms with E-state index >= 15 is 0 Å². The Balaban J connectivity index is 1.42. The molecule has 2 bridgehead atoms. The summed E-state index contributed by atoms with van der Waals surface area (Å²) in [7, 11) is 0. The van der Waals surface area contributed by atoms with E-state index in [1.165, 1.54) is 16.7 Å². The Bertz CT molecular complexity index is 1180. The third-order valence-corrected chi connectivity index (χ3v) is 5.91. The highest BCUT2D eigenvalue weighted by molar-refractivity contribution is 5.92. The number of hydrogen-bond donors (Lipinski definition) is 5. The summed E-state index contributed by atoms with van der Waals surface area (Å²) in [4.78, 5) is 12.3. The second kappa shape index (κ2) is 6.73. The number of benzene rings is 2. The number of hydrogen-bond acceptors (Lipinski definition) is 7. The van der Waals surface area contributed by atoms with Gasteiger partial charge in [0.1, 0.15) is 5.75 Å². The summed E-state index contributed by atoms with van der Waals surface area (Å²) in [6, 6.07) is 8.14. The number of carbonyl (C=O) groups is 1. The summed E-state index contributed by atoms with van der Waals surface area (Å²) in [5.74, 6) is -2.49. The number of rotatable bonds is 3. The van der Waals surface area contributed by atoms with Crippen LogP contribution < -0.4 is 4.74 Å². The molecule has 8 nitrogen and oxygen atoms in total. The van der Waals surface area contributed by atoms with Crippen LogP contribution in [0.4, 0.5) is 0 Å². The van der Waals surface area contributed by atoms with Gasteiger partial charge in [0.15, 0.2) is 17.2 Å². The number of phenols is 3. The molecule has 5 N–H and O–H groups in total. The smallest absolute Gasteiger partial charge is 0.343 e. The molecule has 3 aromatic rings. The molecule has 3 aliphatic carbocycles. The molecule has 1 aromatic heterocycles. The van der Waals surface area contributed by atoms with Gasteiger partial charge in [-0.25, -0.2) is 4.79 Å². The Labute approximate surface area is 176 Å². The van der Waals surface area contributed by atoms with Crippen molar-refractivity contribution in [3.05, 3.63) is 65.2 Å². The van der Waals surface area contributed by atoms with E-state index in [0.717, 1.165) is 36.1 Å². The molecular formula is C23H19NO7. The van der Waals surface area contributed by atoms with E-state index < -0.39 is 23.2 Å². The normalized spacial score (nSPS) is 18.7. The average molecular weight is 421 g/mol. The van der Waals surface area contributed by atoms with Gasteiger partial charge in [-0.1, -0.05) is 12.2 Å². The summed E-state index contributed by atoms with van der Waals surface area (Å²) >= 11 is 0. The van der Waals surface area contributed by atoms with Gasteiger partial charge in [-0.05, 0) is 49.2 Å². The van der Waals surface area contributed by atoms with Crippen LogP contribution in [-0.2, 0) is 0 Å². The van der Waals surface area contributed by atoms with E-state index in [0.29, 0.717) is 5.69 Å². The number of allylic oxidation sites excluding steroid dienone is 2. The minimum Gasteiger partial charge on any atom is -0.504 e. The molecule has 0 saturated heterocycles. The lowest BCUT2D eigenvalue weighted by Gasteiger charge is -2.30. The molecular weight excluding hydrogens is 402 g/mol. The van der Waals surface area contributed by atoms with Crippen molar-refractivity contribution in [3.63, 3.8) is 0 Å². The van der Waals surface area contributed by atoms with Crippen molar-refractivity contribution in [1.82, 2.24) is 4.57 Å². The average Bonchev–Trinajstić information content (AvgIpc) is 3.05. The Hall–Kier alpha value is -4.07. The van der Waals surface area contributed by atoms with Gasteiger partial charge in [0.2, 0.25) is 11.8 Å². The van der Waals surface area contributed by atoms with Crippen LogP contribution in [0.2, 0.25) is 0 Å². The number of nitrogens with zero attached hydrogens (tertiary/aromatic N) is 1. The maximum atomic E-state index is 12.3. The Morgan fingerprint density at radius 2 is 1.35 bits per heavy atom. The Kier molecular flexibility index (Phi) is 4.11. The SMILES string of the molecule is O=C(Oc1ccc(-n2c(O)c3c(c2O)C2C=CC3CC2)cc1)c1cc(O)c(O)c(O)c1. The Morgan fingerprint density at radius 1 is 0.839 bits per heavy atom. The van der Waals surface area contributed by atoms with Gasteiger partial charge < -0.3 is 30.3 Å². The minimum absolute atomic E-state index is 0.00587. The third kappa shape index (κ3) is 2.87. The molecule has 0 fully saturated rings. The van der Waals surface area contributed by atoms with Gasteiger partial charge in [-0.15, -0.1) is 0 Å². The van der Waals surface area contributed by atoms with Crippen molar-refractivity contribution in [2.45, 2.75) is 24.7 Å². The summed E-state index contributed by atoms with van der Waals surface area (Å²) in [5.41, 5.74) is 1.88. The number of esters is 1. The summed E-state index contributed by atoms with van der Waals surface area (Å²) in [5, 5.41) is 50.1. The monoisotopic (exact) mass is 421 g/mol. The molecule has 8 heteroatoms. The molecule has 0 saturated carbocycles. The molecule has 0 amide bonds. The predicted molar refractivity (Wildman–Crippen MR) is 109 cm³/mol. The second-order valence-corrected chi connectivity index (χ2v) is 7.73. The summed E-state index contributed by atoms with van der Waals surface area (Å²) in [6.45, 7) is 0. The molecule has 0 spiro atoms. The van der Waals surface area contributed by atoms with Gasteiger partial charge in [0, 0.05) is 23.0 Å². The molecule has 1 heterocycles. The van der Waals surface area contributed by atoms with Gasteiger partial charge in [0.25, 0.3) is 0 Å². The maximum absolute atomic E-state index is 12.3. The molecule has 0 radical (unpaired) electrons. The lowest BCUT2D eigenvalue weighted by atomic mass is 9.73. The van der Waals surface area contributed by atoms with E-state index in [1.54, 1.807) is 12.1 Å². The van der Waals surface area contributed by atoms with Crippen molar-refractivity contribution in [1.29, 1.82) is 0 Å². The van der Waals surface area contributed by atoms with Gasteiger partial charge in [-0.3, -0.25) is 4.57 Å². The molecule has 31 heavy (non-hydrogen) atoms. The van der Waals surface area contributed by atoms with E-state index in [-0.39, 0.29) is 34.9 Å². The van der Waals surface area contributed by atoms with Gasteiger partial charge in [-0.2, -0.15) is 0 Å². The topological polar surface area (TPSA) is 132 Å². The number of phenolic OH excluding ortho intramolecular Hbond substituents is 3. The lowest BCUT2D eigenvalue weighted by molar-refractivity contribution is 0.0733. The van der Waals surface area contributed by atoms with Crippen molar-refractivity contribution in [3.8, 4) is 40.4 Å². The number of fused-ring (bicyclic) bond motifs is 1. The number of aromatic nitrogens is 1. The van der Waals surface area contributed by atoms with Crippen LogP contribution in [0.1, 0.15) is 46.2 Å². The summed E-state index contributed by atoms with van der Waals surface area (Å²) < 4.78 is 6.62. The van der Waals surface area contributed by atoms with Crippen molar-refractivity contribution in [2.24, 2.45) is 0 Å². The first-order valence-corrected chi connectivity index (χ1v) is 9.77. The van der Waals surface area contributed by atoms with Crippen molar-refractivity contribution < 1.29 is 35.1 Å². The van der Waals surface area contributed by atoms with Crippen LogP contribution in [-0.4, -0.2) is 36.1 Å². The highest BCUT2D eigenvalue weighted by Gasteiger charge is 2.37. The van der Waals surface area contributed by atoms with Crippen LogP contribution in [0.3, 0.4) is 0 Å². The minimum atomic E-state index is -0.844. The fourth-order valence-corrected chi connectivity index (χ4v) is 4.41. The number of aromatic hydroxyl groups is 5. The van der Waals surface area contributed by atoms with Crippen LogP contribution in [0.5, 0.6) is 34.8 Å². The van der Waals surface area contributed by atoms with Crippen LogP contribution in [0, 0.1) is 0 Å². The molecule has 0 aliphatic heterocycles. The highest BCUT2D eigenvalue weighted by atomic mass is 16.5. The first kappa shape index (κ1) is 18.9. The largest absolute Gasteiger partial charge is 0.504 e. The molecule has 6 rings (SSSR count). The predicted octanol–water partition coefficient (Wildman–Crippen LogP) is 3.76. The fourth-order valence-electron chi connectivity index (χ4n) is 4.41. The fraction of sp³-hybridized carbons (Fsp3) is 0.174. The first-order valence-electron chi connectivity index (χ1n) is 9.77. The van der Waals surface area contributed by atoms with E-state index in [4.69, 9.17) is 4.74 Å².